The summed E-state index contributed by atoms with van der Waals surface area (Å²) in [6.45, 7) is 7.39. The quantitative estimate of drug-likeness (QED) is 0.471. The van der Waals surface area contributed by atoms with E-state index in [1.54, 1.807) is 21.6 Å². The number of amides is 3. The molecule has 1 spiro atoms. The molecule has 1 aromatic rings. The van der Waals surface area contributed by atoms with E-state index in [9.17, 15) is 19.5 Å². The molecule has 0 radical (unpaired) electrons. The van der Waals surface area contributed by atoms with Gasteiger partial charge in [0.15, 0.2) is 0 Å². The summed E-state index contributed by atoms with van der Waals surface area (Å²) in [5, 5.41) is 9.35. The van der Waals surface area contributed by atoms with Crippen molar-refractivity contribution in [3.63, 3.8) is 0 Å². The maximum Gasteiger partial charge on any atom is 0.247 e. The molecule has 4 aliphatic rings. The zero-order valence-electron chi connectivity index (χ0n) is 21.2. The number of para-hydroxylation sites is 1. The number of rotatable bonds is 6. The largest absolute Gasteiger partial charge is 0.396 e. The van der Waals surface area contributed by atoms with Gasteiger partial charge in [0.1, 0.15) is 6.04 Å². The van der Waals surface area contributed by atoms with Crippen molar-refractivity contribution in [3.8, 4) is 0 Å². The molecule has 2 saturated heterocycles. The number of aliphatic hydroxyl groups excluding tert-OH is 1. The minimum Gasteiger partial charge on any atom is -0.396 e. The molecule has 3 amide bonds. The van der Waals surface area contributed by atoms with Gasteiger partial charge in [-0.3, -0.25) is 14.4 Å². The van der Waals surface area contributed by atoms with Crippen LogP contribution in [0, 0.1) is 11.8 Å². The molecule has 1 N–H and O–H groups in total. The van der Waals surface area contributed by atoms with Crippen molar-refractivity contribution in [2.24, 2.45) is 11.8 Å². The molecular formula is C28H35N3O4S. The van der Waals surface area contributed by atoms with Crippen molar-refractivity contribution in [1.29, 1.82) is 0 Å². The average Bonchev–Trinajstić information content (AvgIpc) is 3.10. The number of carbonyl (C=O) groups excluding carboxylic acids is 3. The number of fused-ring (bicyclic) bond motifs is 2. The minimum atomic E-state index is -0.823. The van der Waals surface area contributed by atoms with Gasteiger partial charge >= 0.3 is 0 Å². The Hall–Kier alpha value is -2.58. The molecule has 7 nitrogen and oxygen atoms in total. The molecular weight excluding hydrogens is 474 g/mol. The summed E-state index contributed by atoms with van der Waals surface area (Å²) in [4.78, 5) is 47.8. The van der Waals surface area contributed by atoms with Gasteiger partial charge in [0.25, 0.3) is 0 Å². The van der Waals surface area contributed by atoms with Crippen LogP contribution >= 0.6 is 11.8 Å². The van der Waals surface area contributed by atoms with Gasteiger partial charge in [-0.15, -0.1) is 11.8 Å². The fourth-order valence-corrected chi connectivity index (χ4v) is 8.64. The van der Waals surface area contributed by atoms with Crippen LogP contribution in [0.2, 0.25) is 0 Å². The molecule has 5 atom stereocenters. The molecule has 1 unspecified atom stereocenters. The normalized spacial score (nSPS) is 33.6. The molecule has 8 heteroatoms. The van der Waals surface area contributed by atoms with Crippen molar-refractivity contribution in [1.82, 2.24) is 9.80 Å². The molecule has 0 bridgehead atoms. The first-order valence-electron chi connectivity index (χ1n) is 12.9. The van der Waals surface area contributed by atoms with Crippen LogP contribution in [0.4, 0.5) is 5.69 Å². The summed E-state index contributed by atoms with van der Waals surface area (Å²) in [6.07, 6.45) is 9.35. The lowest BCUT2D eigenvalue weighted by Crippen LogP contribution is -2.54. The SMILES string of the molecule is CC(C)N1CC=C[C@]23S[C@]4(C)C=CCN(c5ccccc5)C(=O)[C@@H]4[C@H]2C(=O)N(CCCCO)C3C1=O. The number of unbranched alkanes of at least 4 members (excludes halogenated alkanes) is 1. The number of carbonyl (C=O) groups is 3. The topological polar surface area (TPSA) is 81.2 Å². The second-order valence-electron chi connectivity index (χ2n) is 10.6. The van der Waals surface area contributed by atoms with E-state index in [4.69, 9.17) is 0 Å². The average molecular weight is 510 g/mol. The first-order valence-corrected chi connectivity index (χ1v) is 13.7. The Morgan fingerprint density at radius 2 is 1.69 bits per heavy atom. The number of anilines is 1. The Bertz CT molecular complexity index is 1110. The second-order valence-corrected chi connectivity index (χ2v) is 12.4. The third kappa shape index (κ3) is 3.72. The molecule has 0 aromatic heterocycles. The lowest BCUT2D eigenvalue weighted by atomic mass is 9.74. The minimum absolute atomic E-state index is 0.00619. The highest BCUT2D eigenvalue weighted by Crippen LogP contribution is 2.65. The molecule has 5 rings (SSSR count). The first kappa shape index (κ1) is 25.1. The standard InChI is InChI=1S/C28H35N3O4S/c1-19(2)29-16-10-14-28-22(25(34)31(15-7-8-18-32)23(28)26(29)35)21-24(33)30(20-11-5-4-6-12-20)17-9-13-27(21,3)36-28/h4-6,9-14,19,21-23,32H,7-8,15-18H2,1-3H3/t21-,22-,23?,27+,28-/m0/s1. The molecule has 1 aromatic carbocycles. The molecule has 0 aliphatic carbocycles. The van der Waals surface area contributed by atoms with E-state index in [2.05, 4.69) is 12.2 Å². The van der Waals surface area contributed by atoms with Crippen LogP contribution in [0.3, 0.4) is 0 Å². The van der Waals surface area contributed by atoms with Crippen molar-refractivity contribution >= 4 is 35.2 Å². The summed E-state index contributed by atoms with van der Waals surface area (Å²) in [6, 6.07) is 8.90. The van der Waals surface area contributed by atoms with Crippen LogP contribution in [-0.2, 0) is 14.4 Å². The number of nitrogens with zero attached hydrogens (tertiary/aromatic N) is 3. The van der Waals surface area contributed by atoms with E-state index < -0.39 is 27.4 Å². The fourth-order valence-electron chi connectivity index (χ4n) is 6.48. The highest BCUT2D eigenvalue weighted by atomic mass is 32.2. The number of thioether (sulfide) groups is 1. The van der Waals surface area contributed by atoms with Crippen LogP contribution in [-0.4, -0.2) is 80.4 Å². The van der Waals surface area contributed by atoms with Gasteiger partial charge in [-0.2, -0.15) is 0 Å². The van der Waals surface area contributed by atoms with E-state index in [0.29, 0.717) is 32.5 Å². The predicted octanol–water partition coefficient (Wildman–Crippen LogP) is 2.86. The molecule has 192 valence electrons. The van der Waals surface area contributed by atoms with Gasteiger partial charge in [0, 0.05) is 42.7 Å². The Balaban J connectivity index is 1.62. The van der Waals surface area contributed by atoms with Crippen molar-refractivity contribution in [2.45, 2.75) is 55.2 Å². The fraction of sp³-hybridized carbons (Fsp3) is 0.536. The van der Waals surface area contributed by atoms with Gasteiger partial charge in [-0.1, -0.05) is 42.5 Å². The van der Waals surface area contributed by atoms with Crippen LogP contribution in [0.15, 0.2) is 54.6 Å². The molecule has 4 heterocycles. The number of benzene rings is 1. The third-order valence-electron chi connectivity index (χ3n) is 8.09. The Labute approximate surface area is 217 Å². The van der Waals surface area contributed by atoms with Crippen LogP contribution in [0.25, 0.3) is 0 Å². The van der Waals surface area contributed by atoms with E-state index >= 15 is 0 Å². The van der Waals surface area contributed by atoms with Crippen LogP contribution in [0.1, 0.15) is 33.6 Å². The lowest BCUT2D eigenvalue weighted by Gasteiger charge is -2.37. The van der Waals surface area contributed by atoms with Crippen LogP contribution in [0.5, 0.6) is 0 Å². The second kappa shape index (κ2) is 9.38. The molecule has 2 fully saturated rings. The van der Waals surface area contributed by atoms with Crippen molar-refractivity contribution in [3.05, 3.63) is 54.6 Å². The van der Waals surface area contributed by atoms with Gasteiger partial charge in [0.05, 0.1) is 16.6 Å². The Morgan fingerprint density at radius 1 is 0.972 bits per heavy atom. The molecule has 0 saturated carbocycles. The van der Waals surface area contributed by atoms with E-state index in [-0.39, 0.29) is 30.4 Å². The van der Waals surface area contributed by atoms with E-state index in [1.165, 1.54) is 0 Å². The number of aliphatic hydroxyl groups is 1. The zero-order chi connectivity index (χ0) is 25.7. The maximum atomic E-state index is 14.2. The highest BCUT2D eigenvalue weighted by molar-refractivity contribution is 8.02. The van der Waals surface area contributed by atoms with Gasteiger partial charge in [-0.05, 0) is 45.7 Å². The molecule has 36 heavy (non-hydrogen) atoms. The lowest BCUT2D eigenvalue weighted by molar-refractivity contribution is -0.143. The van der Waals surface area contributed by atoms with Gasteiger partial charge in [0.2, 0.25) is 17.7 Å². The highest BCUT2D eigenvalue weighted by Gasteiger charge is 2.73. The Kier molecular flexibility index (Phi) is 6.53. The van der Waals surface area contributed by atoms with Crippen molar-refractivity contribution in [2.75, 3.05) is 31.1 Å². The third-order valence-corrected chi connectivity index (χ3v) is 9.88. The summed E-state index contributed by atoms with van der Waals surface area (Å²) in [5.41, 5.74) is 0.808. The first-order chi connectivity index (χ1) is 17.2. The number of hydrogen-bond donors (Lipinski definition) is 1. The zero-order valence-corrected chi connectivity index (χ0v) is 22.0. The smallest absolute Gasteiger partial charge is 0.247 e. The van der Waals surface area contributed by atoms with E-state index in [1.807, 2.05) is 68.2 Å². The summed E-state index contributed by atoms with van der Waals surface area (Å²) in [5.74, 6) is -1.49. The summed E-state index contributed by atoms with van der Waals surface area (Å²) >= 11 is 1.61. The summed E-state index contributed by atoms with van der Waals surface area (Å²) in [7, 11) is 0. The number of likely N-dealkylation sites (tertiary alicyclic amines) is 1. The predicted molar refractivity (Wildman–Crippen MR) is 141 cm³/mol. The summed E-state index contributed by atoms with van der Waals surface area (Å²) < 4.78 is -1.44. The van der Waals surface area contributed by atoms with E-state index in [0.717, 1.165) is 5.69 Å². The maximum absolute atomic E-state index is 14.2. The monoisotopic (exact) mass is 509 g/mol. The van der Waals surface area contributed by atoms with Crippen molar-refractivity contribution < 1.29 is 19.5 Å². The van der Waals surface area contributed by atoms with Gasteiger partial charge < -0.3 is 19.8 Å². The Morgan fingerprint density at radius 3 is 2.39 bits per heavy atom. The molecule has 4 aliphatic heterocycles. The number of hydrogen-bond acceptors (Lipinski definition) is 5. The van der Waals surface area contributed by atoms with Gasteiger partial charge in [-0.25, -0.2) is 0 Å². The van der Waals surface area contributed by atoms with Crippen LogP contribution < -0.4 is 4.90 Å².